The molecule has 0 fully saturated rings. The maximum atomic E-state index is 11.9. The van der Waals surface area contributed by atoms with Crippen molar-refractivity contribution in [2.24, 2.45) is 0 Å². The Bertz CT molecular complexity index is 702. The van der Waals surface area contributed by atoms with Crippen molar-refractivity contribution < 1.29 is 9.59 Å². The lowest BCUT2D eigenvalue weighted by Crippen LogP contribution is -2.42. The molecule has 0 saturated heterocycles. The van der Waals surface area contributed by atoms with Crippen molar-refractivity contribution in [3.8, 4) is 0 Å². The fourth-order valence-electron chi connectivity index (χ4n) is 1.70. The van der Waals surface area contributed by atoms with Crippen LogP contribution in [0.2, 0.25) is 15.1 Å². The number of hydrazine groups is 1. The topological polar surface area (TPSA) is 58.2 Å². The molecule has 2 amide bonds. The zero-order valence-electron chi connectivity index (χ0n) is 11.2. The summed E-state index contributed by atoms with van der Waals surface area (Å²) in [6.07, 6.45) is 0.112. The highest BCUT2D eigenvalue weighted by Crippen LogP contribution is 2.20. The first-order valence-corrected chi connectivity index (χ1v) is 7.38. The van der Waals surface area contributed by atoms with Gasteiger partial charge in [0.25, 0.3) is 5.91 Å². The quantitative estimate of drug-likeness (QED) is 0.824. The maximum Gasteiger partial charge on any atom is 0.271 e. The summed E-state index contributed by atoms with van der Waals surface area (Å²) < 4.78 is 0. The van der Waals surface area contributed by atoms with E-state index in [-0.39, 0.29) is 22.9 Å². The van der Waals surface area contributed by atoms with Gasteiger partial charge < -0.3 is 0 Å². The number of nitrogens with one attached hydrogen (secondary N) is 2. The van der Waals surface area contributed by atoms with Crippen molar-refractivity contribution in [2.75, 3.05) is 0 Å². The predicted molar refractivity (Wildman–Crippen MR) is 87.2 cm³/mol. The summed E-state index contributed by atoms with van der Waals surface area (Å²) in [5.41, 5.74) is 5.56. The van der Waals surface area contributed by atoms with Crippen LogP contribution in [-0.4, -0.2) is 11.8 Å². The molecule has 0 aliphatic rings. The van der Waals surface area contributed by atoms with Crippen LogP contribution >= 0.6 is 34.8 Å². The Labute approximate surface area is 142 Å². The number of benzene rings is 2. The molecular weight excluding hydrogens is 347 g/mol. The van der Waals surface area contributed by atoms with Crippen LogP contribution in [0.15, 0.2) is 42.5 Å². The van der Waals surface area contributed by atoms with E-state index >= 15 is 0 Å². The number of rotatable bonds is 3. The standard InChI is InChI=1S/C15H11Cl3N2O2/c16-10-3-1-9(2-4-10)7-14(21)19-20-15(22)12-8-11(17)5-6-13(12)18/h1-6,8H,7H2,(H,19,21)(H,20,22). The van der Waals surface area contributed by atoms with Gasteiger partial charge in [-0.2, -0.15) is 0 Å². The van der Waals surface area contributed by atoms with Gasteiger partial charge in [0.1, 0.15) is 0 Å². The smallest absolute Gasteiger partial charge is 0.271 e. The summed E-state index contributed by atoms with van der Waals surface area (Å²) >= 11 is 17.5. The Morgan fingerprint density at radius 3 is 2.18 bits per heavy atom. The molecule has 0 bridgehead atoms. The molecule has 2 N–H and O–H groups in total. The summed E-state index contributed by atoms with van der Waals surface area (Å²) in [4.78, 5) is 23.7. The van der Waals surface area contributed by atoms with Crippen LogP contribution in [0.4, 0.5) is 0 Å². The third-order valence-electron chi connectivity index (χ3n) is 2.77. The molecule has 22 heavy (non-hydrogen) atoms. The average Bonchev–Trinajstić information content (AvgIpc) is 2.49. The van der Waals surface area contributed by atoms with Crippen molar-refractivity contribution in [1.29, 1.82) is 0 Å². The van der Waals surface area contributed by atoms with Gasteiger partial charge in [0.05, 0.1) is 17.0 Å². The minimum Gasteiger partial charge on any atom is -0.273 e. The number of carbonyl (C=O) groups is 2. The SMILES string of the molecule is O=C(Cc1ccc(Cl)cc1)NNC(=O)c1cc(Cl)ccc1Cl. The Balaban J connectivity index is 1.91. The number of hydrogen-bond donors (Lipinski definition) is 2. The first-order chi connectivity index (χ1) is 10.5. The fraction of sp³-hybridized carbons (Fsp3) is 0.0667. The van der Waals surface area contributed by atoms with Crippen LogP contribution in [0.1, 0.15) is 15.9 Å². The highest BCUT2D eigenvalue weighted by atomic mass is 35.5. The van der Waals surface area contributed by atoms with E-state index in [1.807, 2.05) is 0 Å². The summed E-state index contributed by atoms with van der Waals surface area (Å²) in [5.74, 6) is -0.911. The van der Waals surface area contributed by atoms with Crippen LogP contribution < -0.4 is 10.9 Å². The van der Waals surface area contributed by atoms with Gasteiger partial charge >= 0.3 is 0 Å². The molecule has 0 aliphatic heterocycles. The van der Waals surface area contributed by atoms with E-state index in [1.165, 1.54) is 12.1 Å². The molecule has 0 heterocycles. The second-order valence-electron chi connectivity index (χ2n) is 4.43. The third kappa shape index (κ3) is 4.63. The predicted octanol–water partition coefficient (Wildman–Crippen LogP) is 3.65. The van der Waals surface area contributed by atoms with Crippen LogP contribution in [0.5, 0.6) is 0 Å². The Kier molecular flexibility index (Phi) is 5.66. The van der Waals surface area contributed by atoms with Crippen molar-refractivity contribution >= 4 is 46.6 Å². The Morgan fingerprint density at radius 2 is 1.50 bits per heavy atom. The Morgan fingerprint density at radius 1 is 0.864 bits per heavy atom. The van der Waals surface area contributed by atoms with Crippen LogP contribution in [0, 0.1) is 0 Å². The number of amides is 2. The highest BCUT2D eigenvalue weighted by Gasteiger charge is 2.12. The summed E-state index contributed by atoms with van der Waals surface area (Å²) in [6.45, 7) is 0. The van der Waals surface area contributed by atoms with Gasteiger partial charge in [-0.05, 0) is 35.9 Å². The number of carbonyl (C=O) groups excluding carboxylic acids is 2. The van der Waals surface area contributed by atoms with Crippen molar-refractivity contribution in [3.63, 3.8) is 0 Å². The molecule has 0 atom stereocenters. The van der Waals surface area contributed by atoms with Crippen molar-refractivity contribution in [1.82, 2.24) is 10.9 Å². The molecule has 0 unspecified atom stereocenters. The zero-order valence-corrected chi connectivity index (χ0v) is 13.5. The second-order valence-corrected chi connectivity index (χ2v) is 5.71. The number of halogens is 3. The van der Waals surface area contributed by atoms with E-state index in [1.54, 1.807) is 30.3 Å². The molecule has 2 rings (SSSR count). The number of hydrogen-bond acceptors (Lipinski definition) is 2. The molecule has 0 radical (unpaired) electrons. The summed E-state index contributed by atoms with van der Waals surface area (Å²) in [7, 11) is 0. The molecular formula is C15H11Cl3N2O2. The first-order valence-electron chi connectivity index (χ1n) is 6.24. The monoisotopic (exact) mass is 356 g/mol. The lowest BCUT2D eigenvalue weighted by molar-refractivity contribution is -0.121. The molecule has 2 aromatic carbocycles. The van der Waals surface area contributed by atoms with E-state index < -0.39 is 5.91 Å². The lowest BCUT2D eigenvalue weighted by atomic mass is 10.1. The molecule has 0 saturated carbocycles. The van der Waals surface area contributed by atoms with Crippen LogP contribution in [-0.2, 0) is 11.2 Å². The van der Waals surface area contributed by atoms with Crippen LogP contribution in [0.3, 0.4) is 0 Å². The van der Waals surface area contributed by atoms with E-state index in [2.05, 4.69) is 10.9 Å². The van der Waals surface area contributed by atoms with Gasteiger partial charge in [-0.15, -0.1) is 0 Å². The fourth-order valence-corrected chi connectivity index (χ4v) is 2.20. The first kappa shape index (κ1) is 16.6. The molecule has 0 aliphatic carbocycles. The summed E-state index contributed by atoms with van der Waals surface area (Å²) in [5, 5.41) is 1.21. The molecule has 0 aromatic heterocycles. The van der Waals surface area contributed by atoms with Crippen molar-refractivity contribution in [2.45, 2.75) is 6.42 Å². The van der Waals surface area contributed by atoms with Gasteiger partial charge in [0.15, 0.2) is 0 Å². The Hall–Kier alpha value is -1.75. The summed E-state index contributed by atoms with van der Waals surface area (Å²) in [6, 6.07) is 11.3. The molecule has 114 valence electrons. The molecule has 0 spiro atoms. The van der Waals surface area contributed by atoms with Crippen molar-refractivity contribution in [3.05, 3.63) is 68.7 Å². The van der Waals surface area contributed by atoms with Gasteiger partial charge in [-0.1, -0.05) is 46.9 Å². The van der Waals surface area contributed by atoms with Gasteiger partial charge in [-0.3, -0.25) is 20.4 Å². The molecule has 4 nitrogen and oxygen atoms in total. The molecule has 7 heteroatoms. The van der Waals surface area contributed by atoms with Gasteiger partial charge in [0, 0.05) is 10.0 Å². The highest BCUT2D eigenvalue weighted by molar-refractivity contribution is 6.35. The van der Waals surface area contributed by atoms with E-state index in [0.717, 1.165) is 5.56 Å². The average molecular weight is 358 g/mol. The van der Waals surface area contributed by atoms with Crippen LogP contribution in [0.25, 0.3) is 0 Å². The van der Waals surface area contributed by atoms with E-state index in [0.29, 0.717) is 10.0 Å². The minimum atomic E-state index is -0.544. The van der Waals surface area contributed by atoms with Gasteiger partial charge in [0.2, 0.25) is 5.91 Å². The zero-order chi connectivity index (χ0) is 16.1. The van der Waals surface area contributed by atoms with E-state index in [9.17, 15) is 9.59 Å². The third-order valence-corrected chi connectivity index (χ3v) is 3.58. The van der Waals surface area contributed by atoms with Gasteiger partial charge in [-0.25, -0.2) is 0 Å². The second kappa shape index (κ2) is 7.49. The lowest BCUT2D eigenvalue weighted by Gasteiger charge is -2.09. The largest absolute Gasteiger partial charge is 0.273 e. The minimum absolute atomic E-state index is 0.112. The van der Waals surface area contributed by atoms with E-state index in [4.69, 9.17) is 34.8 Å². The maximum absolute atomic E-state index is 11.9. The normalized spacial score (nSPS) is 10.1. The molecule has 2 aromatic rings.